The van der Waals surface area contributed by atoms with Gasteiger partial charge in [0.15, 0.2) is 4.80 Å². The molecule has 0 aliphatic heterocycles. The monoisotopic (exact) mass is 346 g/mol. The van der Waals surface area contributed by atoms with Gasteiger partial charge in [-0.25, -0.2) is 9.38 Å². The van der Waals surface area contributed by atoms with Gasteiger partial charge in [-0.1, -0.05) is 19.4 Å². The van der Waals surface area contributed by atoms with Crippen LogP contribution in [0, 0.1) is 5.82 Å². The molecule has 1 unspecified atom stereocenters. The molecule has 5 heteroatoms. The van der Waals surface area contributed by atoms with Crippen LogP contribution in [0.25, 0.3) is 10.6 Å². The predicted octanol–water partition coefficient (Wildman–Crippen LogP) is 6.01. The van der Waals surface area contributed by atoms with Crippen molar-refractivity contribution in [2.45, 2.75) is 32.7 Å². The molecule has 0 radical (unpaired) electrons. The molecule has 0 bridgehead atoms. The molecule has 0 amide bonds. The van der Waals surface area contributed by atoms with Gasteiger partial charge in [0.25, 0.3) is 0 Å². The number of benzene rings is 1. The summed E-state index contributed by atoms with van der Waals surface area (Å²) in [6.07, 6.45) is 2.23. The Bertz CT molecular complexity index is 814. The summed E-state index contributed by atoms with van der Waals surface area (Å²) in [7, 11) is 0. The van der Waals surface area contributed by atoms with E-state index < -0.39 is 0 Å². The van der Waals surface area contributed by atoms with E-state index >= 15 is 0 Å². The zero-order valence-electron chi connectivity index (χ0n) is 13.2. The third-order valence-electron chi connectivity index (χ3n) is 3.71. The SMILES string of the molecule is CCCC(C)n1c(-c2cccs2)csc1=Nc1ccc(F)cc1. The van der Waals surface area contributed by atoms with Crippen molar-refractivity contribution in [3.8, 4) is 10.6 Å². The van der Waals surface area contributed by atoms with Gasteiger partial charge in [0, 0.05) is 11.4 Å². The van der Waals surface area contributed by atoms with Gasteiger partial charge < -0.3 is 4.57 Å². The number of halogens is 1. The third kappa shape index (κ3) is 3.62. The zero-order valence-corrected chi connectivity index (χ0v) is 14.8. The molecule has 1 aromatic carbocycles. The maximum atomic E-state index is 13.1. The highest BCUT2D eigenvalue weighted by Crippen LogP contribution is 2.29. The summed E-state index contributed by atoms with van der Waals surface area (Å²) in [6, 6.07) is 10.9. The average Bonchev–Trinajstić information content (AvgIpc) is 3.19. The topological polar surface area (TPSA) is 17.3 Å². The maximum Gasteiger partial charge on any atom is 0.190 e. The molecule has 120 valence electrons. The minimum atomic E-state index is -0.235. The Labute approximate surface area is 143 Å². The fourth-order valence-electron chi connectivity index (χ4n) is 2.61. The van der Waals surface area contributed by atoms with Crippen LogP contribution in [0.3, 0.4) is 0 Å². The van der Waals surface area contributed by atoms with Crippen molar-refractivity contribution in [3.63, 3.8) is 0 Å². The smallest absolute Gasteiger partial charge is 0.190 e. The molecule has 23 heavy (non-hydrogen) atoms. The van der Waals surface area contributed by atoms with E-state index in [2.05, 4.69) is 41.3 Å². The molecule has 0 aliphatic rings. The van der Waals surface area contributed by atoms with Crippen LogP contribution in [0.4, 0.5) is 10.1 Å². The number of rotatable bonds is 5. The first kappa shape index (κ1) is 16.1. The second-order valence-corrected chi connectivity index (χ2v) is 7.26. The predicted molar refractivity (Wildman–Crippen MR) is 96.9 cm³/mol. The minimum absolute atomic E-state index is 0.235. The second kappa shape index (κ2) is 7.23. The number of aromatic nitrogens is 1. The summed E-state index contributed by atoms with van der Waals surface area (Å²) < 4.78 is 15.4. The van der Waals surface area contributed by atoms with Crippen LogP contribution in [-0.4, -0.2) is 4.57 Å². The van der Waals surface area contributed by atoms with Crippen molar-refractivity contribution >= 4 is 28.4 Å². The Morgan fingerprint density at radius 1 is 1.17 bits per heavy atom. The number of thiazole rings is 1. The van der Waals surface area contributed by atoms with Crippen molar-refractivity contribution in [1.82, 2.24) is 4.57 Å². The van der Waals surface area contributed by atoms with Crippen LogP contribution in [0.5, 0.6) is 0 Å². The molecule has 0 fully saturated rings. The Morgan fingerprint density at radius 2 is 1.96 bits per heavy atom. The van der Waals surface area contributed by atoms with Gasteiger partial charge in [-0.3, -0.25) is 0 Å². The van der Waals surface area contributed by atoms with Gasteiger partial charge in [0.2, 0.25) is 0 Å². The fraction of sp³-hybridized carbons (Fsp3) is 0.278. The molecule has 2 nitrogen and oxygen atoms in total. The number of nitrogens with zero attached hydrogens (tertiary/aromatic N) is 2. The van der Waals surface area contributed by atoms with Gasteiger partial charge in [-0.15, -0.1) is 22.7 Å². The molecule has 0 aliphatic carbocycles. The third-order valence-corrected chi connectivity index (χ3v) is 5.45. The normalized spacial score (nSPS) is 13.4. The van der Waals surface area contributed by atoms with Crippen LogP contribution in [0.2, 0.25) is 0 Å². The number of hydrogen-bond acceptors (Lipinski definition) is 3. The first-order valence-electron chi connectivity index (χ1n) is 7.73. The standard InChI is InChI=1S/C18H19FN2S2/c1-3-5-13(2)21-16(17-6-4-11-22-17)12-23-18(21)20-15-9-7-14(19)8-10-15/h4,6-13H,3,5H2,1-2H3. The molecule has 0 saturated heterocycles. The van der Waals surface area contributed by atoms with Crippen LogP contribution >= 0.6 is 22.7 Å². The highest BCUT2D eigenvalue weighted by molar-refractivity contribution is 7.14. The Balaban J connectivity index is 2.11. The first-order chi connectivity index (χ1) is 11.2. The zero-order chi connectivity index (χ0) is 16.2. The fourth-order valence-corrected chi connectivity index (χ4v) is 4.43. The first-order valence-corrected chi connectivity index (χ1v) is 9.49. The summed E-state index contributed by atoms with van der Waals surface area (Å²) in [5.74, 6) is -0.235. The van der Waals surface area contributed by atoms with E-state index in [1.807, 2.05) is 0 Å². The molecule has 0 N–H and O–H groups in total. The van der Waals surface area contributed by atoms with E-state index in [1.165, 1.54) is 22.7 Å². The molecular weight excluding hydrogens is 327 g/mol. The van der Waals surface area contributed by atoms with Crippen LogP contribution in [0.15, 0.2) is 52.2 Å². The number of thiophene rings is 1. The maximum absolute atomic E-state index is 13.1. The Morgan fingerprint density at radius 3 is 2.61 bits per heavy atom. The Kier molecular flexibility index (Phi) is 5.08. The molecular formula is C18H19FN2S2. The van der Waals surface area contributed by atoms with Gasteiger partial charge >= 0.3 is 0 Å². The lowest BCUT2D eigenvalue weighted by Gasteiger charge is -2.16. The largest absolute Gasteiger partial charge is 0.313 e. The van der Waals surface area contributed by atoms with Crippen molar-refractivity contribution in [2.24, 2.45) is 4.99 Å². The van der Waals surface area contributed by atoms with Crippen LogP contribution in [-0.2, 0) is 0 Å². The number of hydrogen-bond donors (Lipinski definition) is 0. The van der Waals surface area contributed by atoms with Crippen molar-refractivity contribution in [1.29, 1.82) is 0 Å². The second-order valence-electron chi connectivity index (χ2n) is 5.48. The van der Waals surface area contributed by atoms with E-state index in [0.717, 1.165) is 23.3 Å². The van der Waals surface area contributed by atoms with Gasteiger partial charge in [0.1, 0.15) is 5.82 Å². The molecule has 3 rings (SSSR count). The van der Waals surface area contributed by atoms with Crippen molar-refractivity contribution in [2.75, 3.05) is 0 Å². The van der Waals surface area contributed by atoms with Crippen molar-refractivity contribution < 1.29 is 4.39 Å². The van der Waals surface area contributed by atoms with Gasteiger partial charge in [-0.05, 0) is 49.1 Å². The highest BCUT2D eigenvalue weighted by Gasteiger charge is 2.14. The summed E-state index contributed by atoms with van der Waals surface area (Å²) in [5, 5.41) is 4.26. The summed E-state index contributed by atoms with van der Waals surface area (Å²) in [5.41, 5.74) is 2.00. The van der Waals surface area contributed by atoms with Crippen LogP contribution in [0.1, 0.15) is 32.7 Å². The van der Waals surface area contributed by atoms with E-state index in [4.69, 9.17) is 4.99 Å². The van der Waals surface area contributed by atoms with E-state index in [0.29, 0.717) is 6.04 Å². The molecule has 2 aromatic heterocycles. The summed E-state index contributed by atoms with van der Waals surface area (Å²) >= 11 is 3.38. The summed E-state index contributed by atoms with van der Waals surface area (Å²) in [4.78, 5) is 6.95. The quantitative estimate of drug-likeness (QED) is 0.538. The van der Waals surface area contributed by atoms with E-state index in [1.54, 1.807) is 34.8 Å². The molecule has 1 atom stereocenters. The average molecular weight is 346 g/mol. The highest BCUT2D eigenvalue weighted by atomic mass is 32.1. The molecule has 0 spiro atoms. The lowest BCUT2D eigenvalue weighted by molar-refractivity contribution is 0.495. The van der Waals surface area contributed by atoms with Gasteiger partial charge in [0.05, 0.1) is 16.3 Å². The summed E-state index contributed by atoms with van der Waals surface area (Å²) in [6.45, 7) is 4.43. The van der Waals surface area contributed by atoms with E-state index in [-0.39, 0.29) is 5.82 Å². The molecule has 0 saturated carbocycles. The lowest BCUT2D eigenvalue weighted by Crippen LogP contribution is -2.19. The van der Waals surface area contributed by atoms with E-state index in [9.17, 15) is 4.39 Å². The lowest BCUT2D eigenvalue weighted by atomic mass is 10.2. The Hall–Kier alpha value is -1.72. The van der Waals surface area contributed by atoms with Crippen LogP contribution < -0.4 is 4.80 Å². The van der Waals surface area contributed by atoms with Crippen molar-refractivity contribution in [3.05, 3.63) is 57.8 Å². The molecule has 3 aromatic rings. The minimum Gasteiger partial charge on any atom is -0.313 e. The molecule has 2 heterocycles. The van der Waals surface area contributed by atoms with Gasteiger partial charge in [-0.2, -0.15) is 0 Å².